The van der Waals surface area contributed by atoms with Gasteiger partial charge < -0.3 is 15.4 Å². The van der Waals surface area contributed by atoms with Crippen LogP contribution < -0.4 is 10.6 Å². The molecule has 0 aliphatic heterocycles. The van der Waals surface area contributed by atoms with Crippen molar-refractivity contribution in [3.8, 4) is 0 Å². The number of aliphatic imine (C=N–C) groups is 1. The molecule has 0 aromatic carbocycles. The topological polar surface area (TPSA) is 63.5 Å². The monoisotopic (exact) mass is 503 g/mol. The van der Waals surface area contributed by atoms with E-state index in [0.717, 1.165) is 25.8 Å². The van der Waals surface area contributed by atoms with Crippen molar-refractivity contribution < 1.29 is 17.9 Å². The highest BCUT2D eigenvalue weighted by Crippen LogP contribution is 2.40. The average molecular weight is 503 g/mol. The van der Waals surface area contributed by atoms with Crippen LogP contribution in [0.4, 0.5) is 13.2 Å². The number of aryl methyl sites for hydroxylation is 1. The van der Waals surface area contributed by atoms with Crippen LogP contribution in [0.25, 0.3) is 0 Å². The van der Waals surface area contributed by atoms with Crippen molar-refractivity contribution in [3.63, 3.8) is 0 Å². The van der Waals surface area contributed by atoms with E-state index in [0.29, 0.717) is 12.6 Å². The molecule has 0 radical (unpaired) electrons. The van der Waals surface area contributed by atoms with E-state index in [1.807, 2.05) is 0 Å². The molecule has 6 nitrogen and oxygen atoms in total. The maximum atomic E-state index is 13.0. The van der Waals surface area contributed by atoms with Crippen molar-refractivity contribution in [2.24, 2.45) is 17.5 Å². The number of ether oxygens (including phenoxy) is 1. The number of nitrogens with one attached hydrogen (secondary N) is 2. The van der Waals surface area contributed by atoms with Crippen LogP contribution in [0.5, 0.6) is 0 Å². The zero-order chi connectivity index (χ0) is 19.2. The van der Waals surface area contributed by atoms with Crippen LogP contribution in [0.3, 0.4) is 0 Å². The summed E-state index contributed by atoms with van der Waals surface area (Å²) in [5, 5.41) is 9.75. The van der Waals surface area contributed by atoms with Gasteiger partial charge in [0.15, 0.2) is 11.7 Å². The fourth-order valence-corrected chi connectivity index (χ4v) is 3.54. The van der Waals surface area contributed by atoms with E-state index in [1.54, 1.807) is 14.2 Å². The molecule has 1 fully saturated rings. The van der Waals surface area contributed by atoms with Gasteiger partial charge in [-0.05, 0) is 24.7 Å². The minimum atomic E-state index is -4.47. The van der Waals surface area contributed by atoms with Crippen LogP contribution in [0.15, 0.2) is 11.2 Å². The Balaban J connectivity index is 0.00000364. The Morgan fingerprint density at radius 3 is 2.56 bits per heavy atom. The molecule has 0 unspecified atom stereocenters. The highest BCUT2D eigenvalue weighted by Gasteiger charge is 2.37. The van der Waals surface area contributed by atoms with E-state index >= 15 is 0 Å². The Kier molecular flexibility index (Phi) is 9.32. The van der Waals surface area contributed by atoms with Gasteiger partial charge in [0.2, 0.25) is 0 Å². The van der Waals surface area contributed by atoms with E-state index in [4.69, 9.17) is 4.74 Å². The summed E-state index contributed by atoms with van der Waals surface area (Å²) in [6.45, 7) is 1.45. The molecule has 1 aromatic rings. The first-order valence-corrected chi connectivity index (χ1v) is 8.83. The van der Waals surface area contributed by atoms with Gasteiger partial charge in [-0.25, -0.2) is 0 Å². The van der Waals surface area contributed by atoms with Crippen molar-refractivity contribution in [1.82, 2.24) is 20.4 Å². The molecular weight excluding hydrogens is 474 g/mol. The molecule has 0 amide bonds. The summed E-state index contributed by atoms with van der Waals surface area (Å²) in [5.74, 6) is 0.491. The van der Waals surface area contributed by atoms with Crippen LogP contribution in [0, 0.1) is 5.41 Å². The molecule has 10 heteroatoms. The second-order valence-corrected chi connectivity index (χ2v) is 6.90. The summed E-state index contributed by atoms with van der Waals surface area (Å²) < 4.78 is 45.5. The molecule has 27 heavy (non-hydrogen) atoms. The highest BCUT2D eigenvalue weighted by atomic mass is 127. The number of nitrogens with zero attached hydrogens (tertiary/aromatic N) is 3. The molecule has 1 aliphatic carbocycles. The second-order valence-electron chi connectivity index (χ2n) is 6.90. The smallest absolute Gasteiger partial charge is 0.385 e. The van der Waals surface area contributed by atoms with Crippen LogP contribution >= 0.6 is 24.0 Å². The molecule has 0 atom stereocenters. The Bertz CT molecular complexity index is 612. The number of aromatic nitrogens is 2. The summed E-state index contributed by atoms with van der Waals surface area (Å²) in [5.41, 5.74) is -0.604. The quantitative estimate of drug-likeness (QED) is 0.341. The van der Waals surface area contributed by atoms with Gasteiger partial charge in [-0.2, -0.15) is 18.3 Å². The summed E-state index contributed by atoms with van der Waals surface area (Å²) in [6, 6.07) is 0. The van der Waals surface area contributed by atoms with Crippen molar-refractivity contribution in [1.29, 1.82) is 0 Å². The Hall–Kier alpha value is -1.04. The largest absolute Gasteiger partial charge is 0.435 e. The fourth-order valence-electron chi connectivity index (χ4n) is 3.54. The average Bonchev–Trinajstić information content (AvgIpc) is 3.20. The lowest BCUT2D eigenvalue weighted by Gasteiger charge is -2.30. The number of hydrogen-bond donors (Lipinski definition) is 2. The molecule has 1 aromatic heterocycles. The number of methoxy groups -OCH3 is 1. The molecule has 1 saturated carbocycles. The minimum absolute atomic E-state index is 0. The first kappa shape index (κ1) is 24.0. The second kappa shape index (κ2) is 10.5. The van der Waals surface area contributed by atoms with Gasteiger partial charge in [-0.3, -0.25) is 9.67 Å². The van der Waals surface area contributed by atoms with Crippen LogP contribution in [0.1, 0.15) is 43.4 Å². The van der Waals surface area contributed by atoms with Crippen LogP contribution in [0.2, 0.25) is 0 Å². The third-order valence-electron chi connectivity index (χ3n) is 4.97. The van der Waals surface area contributed by atoms with Crippen LogP contribution in [-0.2, 0) is 24.5 Å². The van der Waals surface area contributed by atoms with Gasteiger partial charge in [0.1, 0.15) is 0 Å². The first-order valence-electron chi connectivity index (χ1n) is 8.83. The molecule has 0 spiro atoms. The summed E-state index contributed by atoms with van der Waals surface area (Å²) in [7, 11) is 4.79. The zero-order valence-corrected chi connectivity index (χ0v) is 18.4. The van der Waals surface area contributed by atoms with Crippen LogP contribution in [-0.4, -0.2) is 43.0 Å². The molecule has 1 heterocycles. The third-order valence-corrected chi connectivity index (χ3v) is 4.97. The maximum Gasteiger partial charge on any atom is 0.435 e. The van der Waals surface area contributed by atoms with Gasteiger partial charge >= 0.3 is 6.18 Å². The molecule has 1 aliphatic rings. The number of alkyl halides is 3. The first-order chi connectivity index (χ1) is 12.3. The van der Waals surface area contributed by atoms with Crippen molar-refractivity contribution in [3.05, 3.63) is 17.5 Å². The molecule has 0 bridgehead atoms. The Labute approximate surface area is 175 Å². The lowest BCUT2D eigenvalue weighted by molar-refractivity contribution is -0.142. The van der Waals surface area contributed by atoms with Crippen molar-refractivity contribution in [2.75, 3.05) is 27.3 Å². The number of rotatable bonds is 7. The summed E-state index contributed by atoms with van der Waals surface area (Å²) >= 11 is 0. The summed E-state index contributed by atoms with van der Waals surface area (Å²) in [6.07, 6.45) is 2.52. The number of hydrogen-bond acceptors (Lipinski definition) is 3. The normalized spacial score (nSPS) is 16.9. The molecule has 2 rings (SSSR count). The maximum absolute atomic E-state index is 13.0. The molecule has 2 N–H and O–H groups in total. The van der Waals surface area contributed by atoms with Gasteiger partial charge in [-0.15, -0.1) is 24.0 Å². The van der Waals surface area contributed by atoms with E-state index in [2.05, 4.69) is 20.7 Å². The molecule has 0 saturated heterocycles. The van der Waals surface area contributed by atoms with Gasteiger partial charge in [0.05, 0.1) is 0 Å². The third kappa shape index (κ3) is 6.81. The number of halogens is 4. The van der Waals surface area contributed by atoms with E-state index in [1.165, 1.54) is 30.8 Å². The molecule has 156 valence electrons. The zero-order valence-electron chi connectivity index (χ0n) is 16.0. The van der Waals surface area contributed by atoms with E-state index in [9.17, 15) is 13.2 Å². The Morgan fingerprint density at radius 1 is 1.33 bits per heavy atom. The Morgan fingerprint density at radius 2 is 2.00 bits per heavy atom. The standard InChI is InChI=1S/C17H28F3N5O.HI/c1-21-15(23-12-16(8-9-26-3)6-4-5-7-16)22-10-13-11-25(2)24-14(13)17(18,19)20;/h11H,4-10,12H2,1-3H3,(H2,21,22,23);1H. The molecular formula is C17H29F3IN5O. The van der Waals surface area contributed by atoms with E-state index < -0.39 is 11.9 Å². The SMILES string of the molecule is CN=C(NCc1cn(C)nc1C(F)(F)F)NCC1(CCOC)CCCC1.I. The highest BCUT2D eigenvalue weighted by molar-refractivity contribution is 14.0. The van der Waals surface area contributed by atoms with E-state index in [-0.39, 0.29) is 41.5 Å². The van der Waals surface area contributed by atoms with Gasteiger partial charge in [-0.1, -0.05) is 12.8 Å². The van der Waals surface area contributed by atoms with Gasteiger partial charge in [0.25, 0.3) is 0 Å². The lowest BCUT2D eigenvalue weighted by atomic mass is 9.83. The number of guanidine groups is 1. The van der Waals surface area contributed by atoms with Gasteiger partial charge in [0, 0.05) is 52.7 Å². The predicted octanol–water partition coefficient (Wildman–Crippen LogP) is 3.32. The summed E-state index contributed by atoms with van der Waals surface area (Å²) in [4.78, 5) is 4.13. The van der Waals surface area contributed by atoms with Crippen molar-refractivity contribution >= 4 is 29.9 Å². The van der Waals surface area contributed by atoms with Crippen molar-refractivity contribution in [2.45, 2.75) is 44.8 Å². The fraction of sp³-hybridized carbons (Fsp3) is 0.765. The predicted molar refractivity (Wildman–Crippen MR) is 109 cm³/mol. The minimum Gasteiger partial charge on any atom is -0.385 e. The lowest BCUT2D eigenvalue weighted by Crippen LogP contribution is -2.43.